The maximum Gasteiger partial charge on any atom is 0.241 e. The zero-order valence-electron chi connectivity index (χ0n) is 9.86. The number of carbonyl (C=O) groups excluding carboxylic acids is 1. The molecular weight excluding hydrogens is 235 g/mol. The first-order valence-corrected chi connectivity index (χ1v) is 5.82. The van der Waals surface area contributed by atoms with Crippen LogP contribution in [-0.2, 0) is 4.79 Å². The van der Waals surface area contributed by atoms with E-state index in [1.165, 1.54) is 6.07 Å². The molecule has 1 aromatic carbocycles. The topological polar surface area (TPSA) is 50.4 Å². The molecular formula is C13H15FN2O2. The number of ether oxygens (including phenoxy) is 1. The number of hydrogen-bond acceptors (Lipinski definition) is 3. The van der Waals surface area contributed by atoms with Crippen molar-refractivity contribution in [2.75, 3.05) is 19.7 Å². The SMILES string of the molecule is O=C(NCCOc1ccccc1F)C1C=CCN1. The first-order chi connectivity index (χ1) is 8.77. The molecule has 0 radical (unpaired) electrons. The molecule has 4 nitrogen and oxygen atoms in total. The monoisotopic (exact) mass is 250 g/mol. The van der Waals surface area contributed by atoms with Crippen LogP contribution in [0.2, 0.25) is 0 Å². The van der Waals surface area contributed by atoms with Crippen molar-refractivity contribution >= 4 is 5.91 Å². The number of nitrogens with one attached hydrogen (secondary N) is 2. The first kappa shape index (κ1) is 12.6. The summed E-state index contributed by atoms with van der Waals surface area (Å²) in [6.45, 7) is 1.30. The van der Waals surface area contributed by atoms with Crippen LogP contribution in [0.3, 0.4) is 0 Å². The maximum absolute atomic E-state index is 13.2. The number of para-hydroxylation sites is 1. The second-order valence-corrected chi connectivity index (χ2v) is 3.88. The Morgan fingerprint density at radius 1 is 1.50 bits per heavy atom. The number of amides is 1. The van der Waals surface area contributed by atoms with Gasteiger partial charge in [0.05, 0.1) is 6.54 Å². The van der Waals surface area contributed by atoms with E-state index in [1.807, 2.05) is 12.2 Å². The molecule has 5 heteroatoms. The fourth-order valence-corrected chi connectivity index (χ4v) is 1.65. The van der Waals surface area contributed by atoms with E-state index in [4.69, 9.17) is 4.74 Å². The number of carbonyl (C=O) groups is 1. The minimum Gasteiger partial charge on any atom is -0.489 e. The van der Waals surface area contributed by atoms with Gasteiger partial charge in [0.1, 0.15) is 12.6 Å². The minimum absolute atomic E-state index is 0.0964. The molecule has 1 aliphatic rings. The summed E-state index contributed by atoms with van der Waals surface area (Å²) >= 11 is 0. The van der Waals surface area contributed by atoms with E-state index in [-0.39, 0.29) is 24.3 Å². The summed E-state index contributed by atoms with van der Waals surface area (Å²) in [5.74, 6) is -0.296. The zero-order valence-corrected chi connectivity index (χ0v) is 9.86. The second kappa shape index (κ2) is 6.16. The molecule has 1 aromatic rings. The van der Waals surface area contributed by atoms with Gasteiger partial charge in [0.25, 0.3) is 0 Å². The average molecular weight is 250 g/mol. The van der Waals surface area contributed by atoms with E-state index >= 15 is 0 Å². The summed E-state index contributed by atoms with van der Waals surface area (Å²) in [6, 6.07) is 5.92. The minimum atomic E-state index is -0.399. The van der Waals surface area contributed by atoms with Gasteiger partial charge in [0.15, 0.2) is 11.6 Å². The Bertz CT molecular complexity index is 448. The second-order valence-electron chi connectivity index (χ2n) is 3.88. The Kier molecular flexibility index (Phi) is 4.30. The van der Waals surface area contributed by atoms with Crippen LogP contribution < -0.4 is 15.4 Å². The van der Waals surface area contributed by atoms with Crippen molar-refractivity contribution in [3.8, 4) is 5.75 Å². The van der Waals surface area contributed by atoms with Crippen LogP contribution >= 0.6 is 0 Å². The lowest BCUT2D eigenvalue weighted by atomic mass is 10.3. The van der Waals surface area contributed by atoms with Crippen LogP contribution in [-0.4, -0.2) is 31.6 Å². The Morgan fingerprint density at radius 3 is 3.06 bits per heavy atom. The van der Waals surface area contributed by atoms with Gasteiger partial charge in [-0.2, -0.15) is 0 Å². The lowest BCUT2D eigenvalue weighted by Crippen LogP contribution is -2.41. The van der Waals surface area contributed by atoms with Crippen molar-refractivity contribution in [3.63, 3.8) is 0 Å². The van der Waals surface area contributed by atoms with E-state index < -0.39 is 5.82 Å². The van der Waals surface area contributed by atoms with Crippen molar-refractivity contribution in [2.24, 2.45) is 0 Å². The zero-order chi connectivity index (χ0) is 12.8. The summed E-state index contributed by atoms with van der Waals surface area (Å²) in [5.41, 5.74) is 0. The normalized spacial score (nSPS) is 17.7. The van der Waals surface area contributed by atoms with Gasteiger partial charge < -0.3 is 10.1 Å². The highest BCUT2D eigenvalue weighted by Gasteiger charge is 2.16. The highest BCUT2D eigenvalue weighted by molar-refractivity contribution is 5.84. The van der Waals surface area contributed by atoms with E-state index in [1.54, 1.807) is 18.2 Å². The van der Waals surface area contributed by atoms with E-state index in [9.17, 15) is 9.18 Å². The highest BCUT2D eigenvalue weighted by Crippen LogP contribution is 2.14. The van der Waals surface area contributed by atoms with Gasteiger partial charge in [-0.15, -0.1) is 0 Å². The Morgan fingerprint density at radius 2 is 2.33 bits per heavy atom. The van der Waals surface area contributed by atoms with Crippen molar-refractivity contribution < 1.29 is 13.9 Å². The predicted octanol–water partition coefficient (Wildman–Crippen LogP) is 0.849. The van der Waals surface area contributed by atoms with Crippen molar-refractivity contribution in [2.45, 2.75) is 6.04 Å². The summed E-state index contributed by atoms with van der Waals surface area (Å²) in [7, 11) is 0. The predicted molar refractivity (Wildman–Crippen MR) is 65.8 cm³/mol. The molecule has 1 aliphatic heterocycles. The molecule has 0 aliphatic carbocycles. The molecule has 96 valence electrons. The van der Waals surface area contributed by atoms with Crippen LogP contribution in [0.15, 0.2) is 36.4 Å². The van der Waals surface area contributed by atoms with E-state index in [0.717, 1.165) is 0 Å². The Hall–Kier alpha value is -1.88. The van der Waals surface area contributed by atoms with Crippen molar-refractivity contribution in [3.05, 3.63) is 42.2 Å². The lowest BCUT2D eigenvalue weighted by Gasteiger charge is -2.11. The van der Waals surface area contributed by atoms with Gasteiger partial charge in [-0.3, -0.25) is 10.1 Å². The van der Waals surface area contributed by atoms with Gasteiger partial charge in [0.2, 0.25) is 5.91 Å². The molecule has 0 bridgehead atoms. The van der Waals surface area contributed by atoms with Crippen LogP contribution in [0.5, 0.6) is 5.75 Å². The first-order valence-electron chi connectivity index (χ1n) is 5.82. The molecule has 2 rings (SSSR count). The van der Waals surface area contributed by atoms with Crippen molar-refractivity contribution in [1.82, 2.24) is 10.6 Å². The number of benzene rings is 1. The van der Waals surface area contributed by atoms with E-state index in [0.29, 0.717) is 13.1 Å². The molecule has 2 N–H and O–H groups in total. The van der Waals surface area contributed by atoms with Crippen LogP contribution in [0.1, 0.15) is 0 Å². The van der Waals surface area contributed by atoms with Gasteiger partial charge in [-0.05, 0) is 12.1 Å². The summed E-state index contributed by atoms with van der Waals surface area (Å²) < 4.78 is 18.4. The average Bonchev–Trinajstić information content (AvgIpc) is 2.90. The van der Waals surface area contributed by atoms with Gasteiger partial charge in [-0.1, -0.05) is 24.3 Å². The maximum atomic E-state index is 13.2. The smallest absolute Gasteiger partial charge is 0.241 e. The summed E-state index contributed by atoms with van der Waals surface area (Å²) in [6.07, 6.45) is 3.72. The third-order valence-corrected chi connectivity index (χ3v) is 2.56. The molecule has 0 saturated heterocycles. The van der Waals surface area contributed by atoms with Crippen LogP contribution in [0, 0.1) is 5.82 Å². The fraction of sp³-hybridized carbons (Fsp3) is 0.308. The summed E-state index contributed by atoms with van der Waals surface area (Å²) in [5, 5.41) is 5.71. The quantitative estimate of drug-likeness (QED) is 0.601. The standard InChI is InChI=1S/C13H15FN2O2/c14-10-4-1-2-6-12(10)18-9-8-16-13(17)11-5-3-7-15-11/h1-6,11,15H,7-9H2,(H,16,17). The molecule has 0 aromatic heterocycles. The molecule has 0 saturated carbocycles. The van der Waals surface area contributed by atoms with Gasteiger partial charge >= 0.3 is 0 Å². The van der Waals surface area contributed by atoms with Crippen molar-refractivity contribution in [1.29, 1.82) is 0 Å². The molecule has 18 heavy (non-hydrogen) atoms. The molecule has 0 fully saturated rings. The molecule has 1 heterocycles. The van der Waals surface area contributed by atoms with E-state index in [2.05, 4.69) is 10.6 Å². The van der Waals surface area contributed by atoms with Crippen LogP contribution in [0.25, 0.3) is 0 Å². The largest absolute Gasteiger partial charge is 0.489 e. The third-order valence-electron chi connectivity index (χ3n) is 2.56. The molecule has 1 atom stereocenters. The lowest BCUT2D eigenvalue weighted by molar-refractivity contribution is -0.121. The number of rotatable bonds is 5. The number of hydrogen-bond donors (Lipinski definition) is 2. The van der Waals surface area contributed by atoms with Gasteiger partial charge in [0, 0.05) is 6.54 Å². The summed E-state index contributed by atoms with van der Waals surface area (Å²) in [4.78, 5) is 11.6. The third kappa shape index (κ3) is 3.30. The number of halogens is 1. The van der Waals surface area contributed by atoms with Crippen LogP contribution in [0.4, 0.5) is 4.39 Å². The fourth-order valence-electron chi connectivity index (χ4n) is 1.65. The molecule has 0 spiro atoms. The van der Waals surface area contributed by atoms with Gasteiger partial charge in [-0.25, -0.2) is 4.39 Å². The highest BCUT2D eigenvalue weighted by atomic mass is 19.1. The molecule has 1 amide bonds. The Labute approximate surface area is 105 Å². The molecule has 1 unspecified atom stereocenters. The Balaban J connectivity index is 1.68.